The number of benzene rings is 2. The molecule has 3 N–H and O–H groups in total. The van der Waals surface area contributed by atoms with Gasteiger partial charge in [0.15, 0.2) is 9.84 Å². The van der Waals surface area contributed by atoms with E-state index < -0.39 is 15.9 Å². The lowest BCUT2D eigenvalue weighted by Crippen LogP contribution is -2.25. The van der Waals surface area contributed by atoms with Gasteiger partial charge in [-0.3, -0.25) is 0 Å². The molecule has 0 aliphatic heterocycles. The molecule has 0 aromatic heterocycles. The number of hydrogen-bond donors (Lipinski definition) is 2. The predicted molar refractivity (Wildman–Crippen MR) is 99.9 cm³/mol. The largest absolute Gasteiger partial charge is 0.392 e. The van der Waals surface area contributed by atoms with Gasteiger partial charge in [0.05, 0.1) is 16.8 Å². The molecule has 2 rings (SSSR count). The highest BCUT2D eigenvalue weighted by Crippen LogP contribution is 2.23. The molecule has 24 heavy (non-hydrogen) atoms. The van der Waals surface area contributed by atoms with E-state index in [1.807, 2.05) is 24.3 Å². The summed E-state index contributed by atoms with van der Waals surface area (Å²) in [5, 5.41) is 9.82. The van der Waals surface area contributed by atoms with Gasteiger partial charge in [-0.2, -0.15) is 0 Å². The Bertz CT molecular complexity index is 758. The lowest BCUT2D eigenvalue weighted by Gasteiger charge is -2.14. The molecule has 0 aliphatic rings. The number of nitrogens with two attached hydrogens (primary N) is 1. The van der Waals surface area contributed by atoms with Crippen LogP contribution in [0.2, 0.25) is 0 Å². The zero-order valence-corrected chi connectivity index (χ0v) is 15.5. The molecule has 0 amide bonds. The third kappa shape index (κ3) is 5.05. The first-order valence-corrected chi connectivity index (χ1v) is 9.29. The fourth-order valence-corrected chi connectivity index (χ4v) is 3.82. The summed E-state index contributed by atoms with van der Waals surface area (Å²) >= 11 is 0. The first-order chi connectivity index (χ1) is 10.8. The number of aliphatic hydroxyl groups is 1. The maximum absolute atomic E-state index is 12.3. The molecule has 132 valence electrons. The third-order valence-electron chi connectivity index (χ3n) is 3.87. The smallest absolute Gasteiger partial charge is 0.180 e. The lowest BCUT2D eigenvalue weighted by atomic mass is 10.0. The molecule has 2 aromatic rings. The molecular weight excluding hydrogens is 346 g/mol. The normalized spacial score (nSPS) is 12.7. The Balaban J connectivity index is 0.00000288. The highest BCUT2D eigenvalue weighted by molar-refractivity contribution is 7.91. The van der Waals surface area contributed by atoms with Gasteiger partial charge in [0.2, 0.25) is 0 Å². The molecule has 0 fully saturated rings. The lowest BCUT2D eigenvalue weighted by molar-refractivity contribution is 0.147. The van der Waals surface area contributed by atoms with Crippen LogP contribution in [0.1, 0.15) is 19.4 Å². The number of sulfone groups is 1. The molecule has 0 radical (unpaired) electrons. The molecule has 0 aliphatic carbocycles. The van der Waals surface area contributed by atoms with Crippen molar-refractivity contribution in [1.29, 1.82) is 0 Å². The van der Waals surface area contributed by atoms with E-state index in [2.05, 4.69) is 0 Å². The molecule has 0 saturated heterocycles. The number of rotatable bonds is 6. The van der Waals surface area contributed by atoms with Crippen molar-refractivity contribution in [2.45, 2.75) is 31.4 Å². The van der Waals surface area contributed by atoms with Crippen LogP contribution < -0.4 is 5.73 Å². The third-order valence-corrected chi connectivity index (χ3v) is 5.64. The SMILES string of the molecule is CC(C)C(O)CS(=O)(=O)c1ccc(-c2cccc(CN)c2)cc1.Cl. The van der Waals surface area contributed by atoms with Crippen molar-refractivity contribution in [3.8, 4) is 11.1 Å². The molecule has 0 heterocycles. The Morgan fingerprint density at radius 1 is 1.04 bits per heavy atom. The summed E-state index contributed by atoms with van der Waals surface area (Å²) in [6.45, 7) is 4.06. The summed E-state index contributed by atoms with van der Waals surface area (Å²) in [6, 6.07) is 14.6. The Hall–Kier alpha value is -1.40. The van der Waals surface area contributed by atoms with Crippen molar-refractivity contribution < 1.29 is 13.5 Å². The molecule has 4 nitrogen and oxygen atoms in total. The van der Waals surface area contributed by atoms with Crippen LogP contribution in [0, 0.1) is 5.92 Å². The average Bonchev–Trinajstić information content (AvgIpc) is 2.54. The summed E-state index contributed by atoms with van der Waals surface area (Å²) in [7, 11) is -3.49. The maximum atomic E-state index is 12.3. The minimum absolute atomic E-state index is 0. The molecule has 1 unspecified atom stereocenters. The van der Waals surface area contributed by atoms with Crippen molar-refractivity contribution in [2.24, 2.45) is 11.7 Å². The molecular formula is C18H24ClNO3S. The fourth-order valence-electron chi connectivity index (χ4n) is 2.25. The Morgan fingerprint density at radius 3 is 2.21 bits per heavy atom. The highest BCUT2D eigenvalue weighted by Gasteiger charge is 2.21. The van der Waals surface area contributed by atoms with E-state index in [1.165, 1.54) is 0 Å². The van der Waals surface area contributed by atoms with E-state index in [4.69, 9.17) is 5.73 Å². The standard InChI is InChI=1S/C18H23NO3S.ClH/c1-13(2)18(20)12-23(21,22)17-8-6-15(7-9-17)16-5-3-4-14(10-16)11-19;/h3-10,13,18,20H,11-12,19H2,1-2H3;1H. The average molecular weight is 370 g/mol. The molecule has 0 spiro atoms. The molecule has 2 aromatic carbocycles. The minimum Gasteiger partial charge on any atom is -0.392 e. The van der Waals surface area contributed by atoms with Crippen LogP contribution in [-0.4, -0.2) is 25.4 Å². The van der Waals surface area contributed by atoms with Gasteiger partial charge in [0, 0.05) is 6.54 Å². The van der Waals surface area contributed by atoms with E-state index in [-0.39, 0.29) is 29.0 Å². The first kappa shape index (κ1) is 20.6. The highest BCUT2D eigenvalue weighted by atomic mass is 35.5. The van der Waals surface area contributed by atoms with E-state index in [0.717, 1.165) is 16.7 Å². The van der Waals surface area contributed by atoms with Crippen LogP contribution in [0.15, 0.2) is 53.4 Å². The number of aliphatic hydroxyl groups excluding tert-OH is 1. The van der Waals surface area contributed by atoms with Crippen LogP contribution in [0.3, 0.4) is 0 Å². The van der Waals surface area contributed by atoms with E-state index in [0.29, 0.717) is 6.54 Å². The van der Waals surface area contributed by atoms with E-state index in [1.54, 1.807) is 38.1 Å². The Kier molecular flexibility index (Phi) is 7.42. The summed E-state index contributed by atoms with van der Waals surface area (Å²) < 4.78 is 24.6. The van der Waals surface area contributed by atoms with Crippen molar-refractivity contribution in [3.63, 3.8) is 0 Å². The topological polar surface area (TPSA) is 80.4 Å². The van der Waals surface area contributed by atoms with Crippen LogP contribution in [0.25, 0.3) is 11.1 Å². The molecule has 0 bridgehead atoms. The number of halogens is 1. The van der Waals surface area contributed by atoms with Gasteiger partial charge >= 0.3 is 0 Å². The summed E-state index contributed by atoms with van der Waals surface area (Å²) in [4.78, 5) is 0.232. The van der Waals surface area contributed by atoms with Crippen LogP contribution in [0.4, 0.5) is 0 Å². The van der Waals surface area contributed by atoms with Gasteiger partial charge in [0.25, 0.3) is 0 Å². The van der Waals surface area contributed by atoms with Crippen molar-refractivity contribution in [1.82, 2.24) is 0 Å². The second kappa shape index (κ2) is 8.62. The summed E-state index contributed by atoms with van der Waals surface area (Å²) in [5.41, 5.74) is 8.61. The van der Waals surface area contributed by atoms with Gasteiger partial charge < -0.3 is 10.8 Å². The van der Waals surface area contributed by atoms with Crippen LogP contribution in [-0.2, 0) is 16.4 Å². The van der Waals surface area contributed by atoms with Gasteiger partial charge in [-0.25, -0.2) is 8.42 Å². The number of hydrogen-bond acceptors (Lipinski definition) is 4. The second-order valence-corrected chi connectivity index (χ2v) is 8.06. The van der Waals surface area contributed by atoms with Gasteiger partial charge in [-0.15, -0.1) is 12.4 Å². The quantitative estimate of drug-likeness (QED) is 0.820. The summed E-state index contributed by atoms with van der Waals surface area (Å²) in [6.07, 6.45) is -0.860. The van der Waals surface area contributed by atoms with E-state index >= 15 is 0 Å². The monoisotopic (exact) mass is 369 g/mol. The minimum atomic E-state index is -3.49. The van der Waals surface area contributed by atoms with Crippen molar-refractivity contribution in [2.75, 3.05) is 5.75 Å². The molecule has 0 saturated carbocycles. The van der Waals surface area contributed by atoms with Gasteiger partial charge in [-0.05, 0) is 40.8 Å². The van der Waals surface area contributed by atoms with Crippen molar-refractivity contribution >= 4 is 22.2 Å². The fraction of sp³-hybridized carbons (Fsp3) is 0.333. The van der Waals surface area contributed by atoms with Gasteiger partial charge in [-0.1, -0.05) is 44.2 Å². The zero-order valence-electron chi connectivity index (χ0n) is 13.8. The van der Waals surface area contributed by atoms with Crippen molar-refractivity contribution in [3.05, 3.63) is 54.1 Å². The molecule has 1 atom stereocenters. The Morgan fingerprint density at radius 2 is 1.67 bits per heavy atom. The first-order valence-electron chi connectivity index (χ1n) is 7.64. The summed E-state index contributed by atoms with van der Waals surface area (Å²) in [5.74, 6) is -0.352. The molecule has 6 heteroatoms. The van der Waals surface area contributed by atoms with Crippen LogP contribution in [0.5, 0.6) is 0 Å². The maximum Gasteiger partial charge on any atom is 0.180 e. The van der Waals surface area contributed by atoms with Gasteiger partial charge in [0.1, 0.15) is 0 Å². The predicted octanol–water partition coefficient (Wildman–Crippen LogP) is 3.02. The van der Waals surface area contributed by atoms with E-state index in [9.17, 15) is 13.5 Å². The Labute approximate surface area is 150 Å². The van der Waals surface area contributed by atoms with Crippen LogP contribution >= 0.6 is 12.4 Å². The second-order valence-electron chi connectivity index (χ2n) is 6.02. The zero-order chi connectivity index (χ0) is 17.0.